The van der Waals surface area contributed by atoms with Crippen LogP contribution >= 0.6 is 0 Å². The lowest BCUT2D eigenvalue weighted by atomic mass is 9.88. The van der Waals surface area contributed by atoms with Crippen molar-refractivity contribution in [3.8, 4) is 0 Å². The van der Waals surface area contributed by atoms with Crippen molar-refractivity contribution in [2.45, 2.75) is 78.5 Å². The Morgan fingerprint density at radius 1 is 1.21 bits per heavy atom. The Bertz CT molecular complexity index is 551. The summed E-state index contributed by atoms with van der Waals surface area (Å²) in [4.78, 5) is 36.3. The molecule has 1 aliphatic heterocycles. The quantitative estimate of drug-likeness (QED) is 0.539. The Kier molecular flexibility index (Phi) is 8.73. The Morgan fingerprint density at radius 2 is 1.86 bits per heavy atom. The van der Waals surface area contributed by atoms with E-state index in [1.54, 1.807) is 0 Å². The van der Waals surface area contributed by atoms with Gasteiger partial charge in [0.05, 0.1) is 7.11 Å². The van der Waals surface area contributed by atoms with E-state index in [1.165, 1.54) is 7.11 Å². The molecule has 0 radical (unpaired) electrons. The van der Waals surface area contributed by atoms with Gasteiger partial charge in [0.15, 0.2) is 0 Å². The lowest BCUT2D eigenvalue weighted by Gasteiger charge is -2.30. The third-order valence-corrected chi connectivity index (χ3v) is 4.36. The molecule has 0 aromatic carbocycles. The second kappa shape index (κ2) is 10.1. The van der Waals surface area contributed by atoms with E-state index in [1.807, 2.05) is 20.8 Å². The van der Waals surface area contributed by atoms with E-state index in [0.717, 1.165) is 0 Å². The SMILES string of the molecule is COC(=O)C(CC1CCNC1=O)NCC(CC(C)(C)C)NC(=O)OC(C)(C)C. The van der Waals surface area contributed by atoms with Crippen LogP contribution in [0.15, 0.2) is 0 Å². The van der Waals surface area contributed by atoms with Gasteiger partial charge in [0.2, 0.25) is 5.91 Å². The maximum atomic E-state index is 12.2. The van der Waals surface area contributed by atoms with Crippen molar-refractivity contribution < 1.29 is 23.9 Å². The largest absolute Gasteiger partial charge is 0.468 e. The third kappa shape index (κ3) is 9.39. The van der Waals surface area contributed by atoms with Crippen LogP contribution in [0.1, 0.15) is 60.8 Å². The van der Waals surface area contributed by atoms with Crippen molar-refractivity contribution in [2.24, 2.45) is 11.3 Å². The van der Waals surface area contributed by atoms with Crippen LogP contribution in [0.25, 0.3) is 0 Å². The summed E-state index contributed by atoms with van der Waals surface area (Å²) >= 11 is 0. The summed E-state index contributed by atoms with van der Waals surface area (Å²) in [6, 6.07) is -0.846. The molecule has 1 heterocycles. The topological polar surface area (TPSA) is 106 Å². The van der Waals surface area contributed by atoms with Gasteiger partial charge in [-0.15, -0.1) is 0 Å². The molecular formula is C20H37N3O5. The first kappa shape index (κ1) is 24.2. The van der Waals surface area contributed by atoms with Gasteiger partial charge in [-0.25, -0.2) is 4.79 Å². The fourth-order valence-corrected chi connectivity index (χ4v) is 3.23. The maximum Gasteiger partial charge on any atom is 0.407 e. The molecule has 28 heavy (non-hydrogen) atoms. The number of esters is 1. The van der Waals surface area contributed by atoms with Gasteiger partial charge in [-0.3, -0.25) is 9.59 Å². The summed E-state index contributed by atoms with van der Waals surface area (Å²) < 4.78 is 10.3. The normalized spacial score (nSPS) is 19.5. The van der Waals surface area contributed by atoms with Crippen molar-refractivity contribution >= 4 is 18.0 Å². The molecule has 1 rings (SSSR count). The number of methoxy groups -OCH3 is 1. The molecule has 0 aliphatic carbocycles. The summed E-state index contributed by atoms with van der Waals surface area (Å²) in [5.74, 6) is -0.656. The minimum atomic E-state index is -0.609. The standard InChI is InChI=1S/C20H37N3O5/c1-19(2,3)11-14(23-18(26)28-20(4,5)6)12-22-15(17(25)27-7)10-13-8-9-21-16(13)24/h13-15,22H,8-12H2,1-7H3,(H,21,24)(H,23,26). The van der Waals surface area contributed by atoms with Crippen LogP contribution < -0.4 is 16.0 Å². The Hall–Kier alpha value is -1.83. The average Bonchev–Trinajstić information content (AvgIpc) is 2.91. The van der Waals surface area contributed by atoms with Crippen molar-refractivity contribution in [1.29, 1.82) is 0 Å². The lowest BCUT2D eigenvalue weighted by molar-refractivity contribution is -0.143. The molecule has 2 amide bonds. The molecule has 0 aromatic heterocycles. The first-order valence-corrected chi connectivity index (χ1v) is 9.89. The average molecular weight is 400 g/mol. The molecule has 1 fully saturated rings. The van der Waals surface area contributed by atoms with Crippen molar-refractivity contribution in [3.05, 3.63) is 0 Å². The minimum absolute atomic E-state index is 0.0335. The van der Waals surface area contributed by atoms with E-state index in [4.69, 9.17) is 9.47 Å². The second-order valence-corrected chi connectivity index (χ2v) is 9.60. The number of carbonyl (C=O) groups is 3. The molecule has 0 bridgehead atoms. The molecule has 0 saturated carbocycles. The summed E-state index contributed by atoms with van der Waals surface area (Å²) in [6.45, 7) is 12.7. The van der Waals surface area contributed by atoms with Crippen molar-refractivity contribution in [3.63, 3.8) is 0 Å². The first-order valence-electron chi connectivity index (χ1n) is 9.89. The predicted molar refractivity (Wildman–Crippen MR) is 107 cm³/mol. The van der Waals surface area contributed by atoms with Crippen molar-refractivity contribution in [1.82, 2.24) is 16.0 Å². The van der Waals surface area contributed by atoms with E-state index in [-0.39, 0.29) is 23.3 Å². The monoisotopic (exact) mass is 399 g/mol. The number of ether oxygens (including phenoxy) is 2. The van der Waals surface area contributed by atoms with Gasteiger partial charge in [0.1, 0.15) is 11.6 Å². The fourth-order valence-electron chi connectivity index (χ4n) is 3.23. The number of nitrogens with one attached hydrogen (secondary N) is 3. The van der Waals surface area contributed by atoms with Gasteiger partial charge in [0, 0.05) is 25.0 Å². The van der Waals surface area contributed by atoms with Gasteiger partial charge in [-0.05, 0) is 45.4 Å². The zero-order chi connectivity index (χ0) is 21.5. The van der Waals surface area contributed by atoms with Gasteiger partial charge >= 0.3 is 12.1 Å². The van der Waals surface area contributed by atoms with E-state index in [2.05, 4.69) is 36.7 Å². The number of carbonyl (C=O) groups excluding carboxylic acids is 3. The van der Waals surface area contributed by atoms with Crippen LogP contribution in [0.5, 0.6) is 0 Å². The Balaban J connectivity index is 2.75. The number of alkyl carbamates (subject to hydrolysis) is 1. The summed E-state index contributed by atoms with van der Waals surface area (Å²) in [5.41, 5.74) is -0.623. The third-order valence-electron chi connectivity index (χ3n) is 4.36. The van der Waals surface area contributed by atoms with E-state index in [0.29, 0.717) is 32.4 Å². The molecule has 0 aromatic rings. The molecule has 8 nitrogen and oxygen atoms in total. The molecule has 8 heteroatoms. The lowest BCUT2D eigenvalue weighted by Crippen LogP contribution is -2.50. The molecular weight excluding hydrogens is 362 g/mol. The summed E-state index contributed by atoms with van der Waals surface area (Å²) in [6.07, 6.45) is 1.27. The van der Waals surface area contributed by atoms with Crippen LogP contribution in [0.3, 0.4) is 0 Å². The van der Waals surface area contributed by atoms with Crippen LogP contribution in [0, 0.1) is 11.3 Å². The molecule has 3 N–H and O–H groups in total. The zero-order valence-electron chi connectivity index (χ0n) is 18.3. The molecule has 1 aliphatic rings. The van der Waals surface area contributed by atoms with Crippen LogP contribution in [-0.4, -0.2) is 55.9 Å². The smallest absolute Gasteiger partial charge is 0.407 e. The Labute approximate surface area is 168 Å². The molecule has 162 valence electrons. The highest BCUT2D eigenvalue weighted by Gasteiger charge is 2.32. The van der Waals surface area contributed by atoms with Crippen LogP contribution in [-0.2, 0) is 19.1 Å². The first-order chi connectivity index (χ1) is 12.8. The van der Waals surface area contributed by atoms with Gasteiger partial charge in [0.25, 0.3) is 0 Å². The summed E-state index contributed by atoms with van der Waals surface area (Å²) in [7, 11) is 1.33. The van der Waals surface area contributed by atoms with Crippen LogP contribution in [0.4, 0.5) is 4.79 Å². The molecule has 0 spiro atoms. The zero-order valence-corrected chi connectivity index (χ0v) is 18.3. The van der Waals surface area contributed by atoms with E-state index in [9.17, 15) is 14.4 Å². The van der Waals surface area contributed by atoms with E-state index < -0.39 is 23.7 Å². The maximum absolute atomic E-state index is 12.2. The minimum Gasteiger partial charge on any atom is -0.468 e. The Morgan fingerprint density at radius 3 is 2.32 bits per heavy atom. The van der Waals surface area contributed by atoms with Gasteiger partial charge in [-0.1, -0.05) is 20.8 Å². The number of amides is 2. The highest BCUT2D eigenvalue weighted by atomic mass is 16.6. The number of rotatable bonds is 8. The highest BCUT2D eigenvalue weighted by molar-refractivity contribution is 5.82. The fraction of sp³-hybridized carbons (Fsp3) is 0.850. The molecule has 3 unspecified atom stereocenters. The number of hydrogen-bond acceptors (Lipinski definition) is 6. The highest BCUT2D eigenvalue weighted by Crippen LogP contribution is 2.22. The summed E-state index contributed by atoms with van der Waals surface area (Å²) in [5, 5.41) is 8.86. The van der Waals surface area contributed by atoms with Crippen LogP contribution in [0.2, 0.25) is 0 Å². The number of hydrogen-bond donors (Lipinski definition) is 3. The second-order valence-electron chi connectivity index (χ2n) is 9.60. The van der Waals surface area contributed by atoms with Crippen molar-refractivity contribution in [2.75, 3.05) is 20.2 Å². The van der Waals surface area contributed by atoms with E-state index >= 15 is 0 Å². The van der Waals surface area contributed by atoms with Gasteiger partial charge in [-0.2, -0.15) is 0 Å². The molecule has 3 atom stereocenters. The molecule has 1 saturated heterocycles. The van der Waals surface area contributed by atoms with Gasteiger partial charge < -0.3 is 25.4 Å². The predicted octanol–water partition coefficient (Wildman–Crippen LogP) is 1.97.